The minimum atomic E-state index is -0.716. The number of aromatic nitrogens is 1. The van der Waals surface area contributed by atoms with Crippen LogP contribution in [0.2, 0.25) is 0 Å². The number of nitrogens with zero attached hydrogens (tertiary/aromatic N) is 2. The highest BCUT2D eigenvalue weighted by Gasteiger charge is 2.31. The van der Waals surface area contributed by atoms with Crippen molar-refractivity contribution >= 4 is 22.6 Å². The lowest BCUT2D eigenvalue weighted by molar-refractivity contribution is 0.0524. The molecule has 1 saturated carbocycles. The van der Waals surface area contributed by atoms with Crippen molar-refractivity contribution in [3.8, 4) is 0 Å². The van der Waals surface area contributed by atoms with Gasteiger partial charge in [0.05, 0.1) is 37.6 Å². The average molecular weight is 390 g/mol. The Balaban J connectivity index is 2.00. The van der Waals surface area contributed by atoms with E-state index in [9.17, 15) is 14.7 Å². The summed E-state index contributed by atoms with van der Waals surface area (Å²) in [5, 5.41) is 10.2. The molecular weight excluding hydrogens is 367 g/mol. The molecule has 8 heteroatoms. The molecule has 28 heavy (non-hydrogen) atoms. The van der Waals surface area contributed by atoms with Gasteiger partial charge >= 0.3 is 5.97 Å². The monoisotopic (exact) mass is 390 g/mol. The number of rotatable bonds is 5. The van der Waals surface area contributed by atoms with Crippen LogP contribution >= 0.6 is 0 Å². The molecule has 0 unspecified atom stereocenters. The van der Waals surface area contributed by atoms with Crippen molar-refractivity contribution < 1.29 is 23.8 Å². The Hall–Kier alpha value is -2.45. The molecule has 1 saturated heterocycles. The summed E-state index contributed by atoms with van der Waals surface area (Å²) in [6, 6.07) is 1.30. The van der Waals surface area contributed by atoms with Gasteiger partial charge in [-0.2, -0.15) is 0 Å². The predicted octanol–water partition coefficient (Wildman–Crippen LogP) is 1.98. The number of benzene rings is 1. The number of ether oxygens (including phenoxy) is 2. The van der Waals surface area contributed by atoms with Gasteiger partial charge in [-0.3, -0.25) is 4.79 Å². The Morgan fingerprint density at radius 2 is 2.07 bits per heavy atom. The summed E-state index contributed by atoms with van der Waals surface area (Å²) in [5.74, 6) is -1.30. The molecule has 0 radical (unpaired) electrons. The Morgan fingerprint density at radius 1 is 1.36 bits per heavy atom. The summed E-state index contributed by atoms with van der Waals surface area (Å²) in [6.45, 7) is 3.35. The molecule has 1 aromatic carbocycles. The number of fused-ring (bicyclic) bond motifs is 1. The fraction of sp³-hybridized carbons (Fsp3) is 0.500. The highest BCUT2D eigenvalue weighted by atomic mass is 19.1. The number of esters is 1. The van der Waals surface area contributed by atoms with Crippen LogP contribution in [0.1, 0.15) is 41.7 Å². The van der Waals surface area contributed by atoms with E-state index in [1.54, 1.807) is 6.92 Å². The number of carbonyl (C=O) groups is 1. The van der Waals surface area contributed by atoms with E-state index in [1.807, 2.05) is 9.47 Å². The van der Waals surface area contributed by atoms with Crippen LogP contribution in [0.5, 0.6) is 0 Å². The molecule has 150 valence electrons. The number of anilines is 1. The van der Waals surface area contributed by atoms with Gasteiger partial charge in [0.2, 0.25) is 5.43 Å². The van der Waals surface area contributed by atoms with Crippen LogP contribution in [0.3, 0.4) is 0 Å². The second-order valence-electron chi connectivity index (χ2n) is 7.07. The highest BCUT2D eigenvalue weighted by Crippen LogP contribution is 2.40. The molecule has 0 spiro atoms. The SMILES string of the molecule is CCOC(=O)c1cn(C2CC2)c2c(CO)c(N3CCOCC3)c(F)cc2c1=O. The molecule has 2 aliphatic rings. The fourth-order valence-corrected chi connectivity index (χ4v) is 3.83. The summed E-state index contributed by atoms with van der Waals surface area (Å²) in [6.07, 6.45) is 3.30. The lowest BCUT2D eigenvalue weighted by Crippen LogP contribution is -2.37. The maximum Gasteiger partial charge on any atom is 0.343 e. The smallest absolute Gasteiger partial charge is 0.343 e. The van der Waals surface area contributed by atoms with Gasteiger partial charge in [0.25, 0.3) is 0 Å². The van der Waals surface area contributed by atoms with Gasteiger partial charge in [-0.25, -0.2) is 9.18 Å². The van der Waals surface area contributed by atoms with Crippen LogP contribution in [0, 0.1) is 5.82 Å². The minimum Gasteiger partial charge on any atom is -0.462 e. The Labute approximate surface area is 161 Å². The molecule has 1 N–H and O–H groups in total. The second kappa shape index (κ2) is 7.52. The van der Waals surface area contributed by atoms with E-state index in [0.29, 0.717) is 43.1 Å². The maximum absolute atomic E-state index is 15.1. The first-order chi connectivity index (χ1) is 13.6. The molecule has 0 bridgehead atoms. The molecule has 4 rings (SSSR count). The zero-order valence-corrected chi connectivity index (χ0v) is 15.7. The molecule has 2 aromatic rings. The second-order valence-corrected chi connectivity index (χ2v) is 7.07. The number of halogens is 1. The third-order valence-electron chi connectivity index (χ3n) is 5.26. The summed E-state index contributed by atoms with van der Waals surface area (Å²) in [7, 11) is 0. The van der Waals surface area contributed by atoms with E-state index in [4.69, 9.17) is 9.47 Å². The van der Waals surface area contributed by atoms with Crippen molar-refractivity contribution in [1.29, 1.82) is 0 Å². The fourth-order valence-electron chi connectivity index (χ4n) is 3.83. The first-order valence-corrected chi connectivity index (χ1v) is 9.57. The Morgan fingerprint density at radius 3 is 2.68 bits per heavy atom. The quantitative estimate of drug-likeness (QED) is 0.787. The number of hydrogen-bond donors (Lipinski definition) is 1. The van der Waals surface area contributed by atoms with Crippen LogP contribution in [0.15, 0.2) is 17.1 Å². The Kier molecular flexibility index (Phi) is 5.07. The molecule has 1 aromatic heterocycles. The molecular formula is C20H23FN2O5. The van der Waals surface area contributed by atoms with Crippen molar-refractivity contribution in [2.45, 2.75) is 32.4 Å². The third-order valence-corrected chi connectivity index (χ3v) is 5.26. The van der Waals surface area contributed by atoms with Gasteiger partial charge in [-0.05, 0) is 25.8 Å². The van der Waals surface area contributed by atoms with Crippen molar-refractivity contribution in [1.82, 2.24) is 4.57 Å². The lowest BCUT2D eigenvalue weighted by atomic mass is 10.0. The van der Waals surface area contributed by atoms with Crippen LogP contribution in [0.25, 0.3) is 10.9 Å². The zero-order chi connectivity index (χ0) is 19.8. The van der Waals surface area contributed by atoms with E-state index in [2.05, 4.69) is 0 Å². The first kappa shape index (κ1) is 18.9. The molecule has 0 atom stereocenters. The number of carbonyl (C=O) groups excluding carboxylic acids is 1. The molecule has 0 amide bonds. The predicted molar refractivity (Wildman–Crippen MR) is 101 cm³/mol. The number of morpholine rings is 1. The van der Waals surface area contributed by atoms with Crippen LogP contribution in [-0.2, 0) is 16.1 Å². The minimum absolute atomic E-state index is 0.0935. The maximum atomic E-state index is 15.1. The van der Waals surface area contributed by atoms with Gasteiger partial charge in [-0.1, -0.05) is 0 Å². The van der Waals surface area contributed by atoms with E-state index >= 15 is 4.39 Å². The highest BCUT2D eigenvalue weighted by molar-refractivity contribution is 5.96. The number of aliphatic hydroxyl groups excluding tert-OH is 1. The molecule has 2 fully saturated rings. The topological polar surface area (TPSA) is 81.0 Å². The van der Waals surface area contributed by atoms with Gasteiger partial charge < -0.3 is 24.0 Å². The van der Waals surface area contributed by atoms with E-state index < -0.39 is 23.8 Å². The summed E-state index contributed by atoms with van der Waals surface area (Å²) < 4.78 is 27.3. The van der Waals surface area contributed by atoms with Gasteiger partial charge in [0.15, 0.2) is 0 Å². The van der Waals surface area contributed by atoms with Gasteiger partial charge in [-0.15, -0.1) is 0 Å². The average Bonchev–Trinajstić information content (AvgIpc) is 3.53. The molecule has 1 aliphatic carbocycles. The first-order valence-electron chi connectivity index (χ1n) is 9.57. The Bertz CT molecular complexity index is 977. The summed E-state index contributed by atoms with van der Waals surface area (Å²) in [5.41, 5.74) is 0.481. The summed E-state index contributed by atoms with van der Waals surface area (Å²) >= 11 is 0. The van der Waals surface area contributed by atoms with E-state index in [0.717, 1.165) is 12.8 Å². The van der Waals surface area contributed by atoms with Crippen molar-refractivity contribution in [2.24, 2.45) is 0 Å². The normalized spacial score (nSPS) is 17.2. The number of aliphatic hydroxyl groups is 1. The van der Waals surface area contributed by atoms with Gasteiger partial charge in [0.1, 0.15) is 11.4 Å². The third kappa shape index (κ3) is 3.16. The van der Waals surface area contributed by atoms with Crippen molar-refractivity contribution in [2.75, 3.05) is 37.8 Å². The molecule has 7 nitrogen and oxygen atoms in total. The standard InChI is InChI=1S/C20H23FN2O5/c1-2-28-20(26)14-10-23(12-3-4-12)17-13(19(14)25)9-16(21)18(15(17)11-24)22-5-7-27-8-6-22/h9-10,12,24H,2-8,11H2,1H3. The molecule has 2 heterocycles. The summed E-state index contributed by atoms with van der Waals surface area (Å²) in [4.78, 5) is 27.0. The van der Waals surface area contributed by atoms with Crippen LogP contribution in [0.4, 0.5) is 10.1 Å². The number of pyridine rings is 1. The van der Waals surface area contributed by atoms with Crippen molar-refractivity contribution in [3.05, 3.63) is 39.4 Å². The van der Waals surface area contributed by atoms with Crippen LogP contribution < -0.4 is 10.3 Å². The van der Waals surface area contributed by atoms with Gasteiger partial charge in [0, 0.05) is 36.3 Å². The zero-order valence-electron chi connectivity index (χ0n) is 15.7. The largest absolute Gasteiger partial charge is 0.462 e. The lowest BCUT2D eigenvalue weighted by Gasteiger charge is -2.31. The van der Waals surface area contributed by atoms with E-state index in [-0.39, 0.29) is 23.6 Å². The van der Waals surface area contributed by atoms with Crippen molar-refractivity contribution in [3.63, 3.8) is 0 Å². The van der Waals surface area contributed by atoms with E-state index in [1.165, 1.54) is 12.3 Å². The molecule has 1 aliphatic heterocycles. The van der Waals surface area contributed by atoms with Crippen LogP contribution in [-0.4, -0.2) is 48.6 Å². The number of hydrogen-bond acceptors (Lipinski definition) is 6.